The van der Waals surface area contributed by atoms with E-state index >= 15 is 0 Å². The van der Waals surface area contributed by atoms with Crippen LogP contribution in [0.3, 0.4) is 0 Å². The second-order valence-electron chi connectivity index (χ2n) is 3.96. The molecule has 0 aromatic carbocycles. The van der Waals surface area contributed by atoms with E-state index in [0.717, 1.165) is 25.9 Å². The van der Waals surface area contributed by atoms with Crippen LogP contribution in [-0.4, -0.2) is 36.5 Å². The third kappa shape index (κ3) is 4.35. The van der Waals surface area contributed by atoms with Gasteiger partial charge in [0.1, 0.15) is 0 Å². The lowest BCUT2D eigenvalue weighted by Crippen LogP contribution is -2.26. The topological polar surface area (TPSA) is 32.3 Å². The van der Waals surface area contributed by atoms with E-state index in [1.807, 2.05) is 4.90 Å². The molecule has 1 heterocycles. The van der Waals surface area contributed by atoms with E-state index in [4.69, 9.17) is 0 Å². The Morgan fingerprint density at radius 3 is 2.93 bits per heavy atom. The molecule has 0 saturated carbocycles. The first-order valence-electron chi connectivity index (χ1n) is 5.71. The van der Waals surface area contributed by atoms with Gasteiger partial charge in [-0.25, -0.2) is 0 Å². The highest BCUT2D eigenvalue weighted by Crippen LogP contribution is 2.07. The first-order chi connectivity index (χ1) is 7.24. The van der Waals surface area contributed by atoms with Gasteiger partial charge in [0.05, 0.1) is 13.1 Å². The summed E-state index contributed by atoms with van der Waals surface area (Å²) in [4.78, 5) is 13.1. The van der Waals surface area contributed by atoms with Crippen LogP contribution in [0.5, 0.6) is 0 Å². The molecular weight excluding hydrogens is 188 g/mol. The van der Waals surface area contributed by atoms with Crippen LogP contribution in [0.1, 0.15) is 33.1 Å². The fraction of sp³-hybridized carbons (Fsp3) is 0.750. The molecule has 1 rings (SSSR count). The number of carbonyl (C=O) groups excluding carboxylic acids is 1. The highest BCUT2D eigenvalue weighted by atomic mass is 16.2. The van der Waals surface area contributed by atoms with Crippen molar-refractivity contribution in [3.8, 4) is 11.8 Å². The molecule has 1 atom stereocenters. The molecule has 0 radical (unpaired) electrons. The minimum Gasteiger partial charge on any atom is -0.332 e. The maximum Gasteiger partial charge on any atom is 0.223 e. The summed E-state index contributed by atoms with van der Waals surface area (Å²) in [6.45, 7) is 6.49. The molecule has 0 spiro atoms. The third-order valence-corrected chi connectivity index (χ3v) is 2.72. The Kier molecular flexibility index (Phi) is 5.20. The zero-order valence-electron chi connectivity index (χ0n) is 9.68. The van der Waals surface area contributed by atoms with Gasteiger partial charge in [-0.15, -0.1) is 0 Å². The van der Waals surface area contributed by atoms with Crippen LogP contribution >= 0.6 is 0 Å². The number of amides is 1. The summed E-state index contributed by atoms with van der Waals surface area (Å²) >= 11 is 0. The van der Waals surface area contributed by atoms with Crippen LogP contribution < -0.4 is 5.32 Å². The smallest absolute Gasteiger partial charge is 0.223 e. The molecule has 1 saturated heterocycles. The third-order valence-electron chi connectivity index (χ3n) is 2.72. The SMILES string of the molecule is CCC(C)NCC#CCN1CCCC1=O. The summed E-state index contributed by atoms with van der Waals surface area (Å²) in [5.41, 5.74) is 0. The van der Waals surface area contributed by atoms with Crippen LogP contribution in [0.15, 0.2) is 0 Å². The number of likely N-dealkylation sites (tertiary alicyclic amines) is 1. The van der Waals surface area contributed by atoms with Crippen molar-refractivity contribution in [2.75, 3.05) is 19.6 Å². The molecule has 84 valence electrons. The largest absolute Gasteiger partial charge is 0.332 e. The number of hydrogen-bond acceptors (Lipinski definition) is 2. The van der Waals surface area contributed by atoms with Gasteiger partial charge < -0.3 is 10.2 Å². The van der Waals surface area contributed by atoms with Crippen molar-refractivity contribution in [3.63, 3.8) is 0 Å². The molecule has 0 aromatic heterocycles. The molecule has 1 unspecified atom stereocenters. The summed E-state index contributed by atoms with van der Waals surface area (Å²) in [7, 11) is 0. The van der Waals surface area contributed by atoms with Crippen molar-refractivity contribution in [2.24, 2.45) is 0 Å². The summed E-state index contributed by atoms with van der Waals surface area (Å²) in [6.07, 6.45) is 2.81. The molecule has 1 fully saturated rings. The average molecular weight is 208 g/mol. The van der Waals surface area contributed by atoms with Crippen molar-refractivity contribution in [1.29, 1.82) is 0 Å². The van der Waals surface area contributed by atoms with Gasteiger partial charge >= 0.3 is 0 Å². The molecule has 0 bridgehead atoms. The van der Waals surface area contributed by atoms with E-state index in [2.05, 4.69) is 31.0 Å². The van der Waals surface area contributed by atoms with Crippen LogP contribution in [0.2, 0.25) is 0 Å². The standard InChI is InChI=1S/C12H20N2O/c1-3-11(2)13-8-4-5-9-14-10-6-7-12(14)15/h11,13H,3,6-10H2,1-2H3. The van der Waals surface area contributed by atoms with Crippen molar-refractivity contribution >= 4 is 5.91 Å². The molecule has 3 nitrogen and oxygen atoms in total. The van der Waals surface area contributed by atoms with Gasteiger partial charge in [0.25, 0.3) is 0 Å². The lowest BCUT2D eigenvalue weighted by molar-refractivity contribution is -0.127. The maximum absolute atomic E-state index is 11.2. The second kappa shape index (κ2) is 6.47. The van der Waals surface area contributed by atoms with Crippen molar-refractivity contribution in [3.05, 3.63) is 0 Å². The van der Waals surface area contributed by atoms with Crippen molar-refractivity contribution < 1.29 is 4.79 Å². The van der Waals surface area contributed by atoms with E-state index in [-0.39, 0.29) is 5.91 Å². The monoisotopic (exact) mass is 208 g/mol. The quantitative estimate of drug-likeness (QED) is 0.699. The van der Waals surface area contributed by atoms with Gasteiger partial charge in [0.2, 0.25) is 5.91 Å². The van der Waals surface area contributed by atoms with Gasteiger partial charge in [-0.05, 0) is 19.8 Å². The van der Waals surface area contributed by atoms with E-state index in [1.54, 1.807) is 0 Å². The summed E-state index contributed by atoms with van der Waals surface area (Å²) in [6, 6.07) is 0.521. The van der Waals surface area contributed by atoms with Gasteiger partial charge in [0.15, 0.2) is 0 Å². The molecule has 0 aromatic rings. The highest BCUT2D eigenvalue weighted by molar-refractivity contribution is 5.78. The van der Waals surface area contributed by atoms with E-state index < -0.39 is 0 Å². The van der Waals surface area contributed by atoms with Crippen LogP contribution in [-0.2, 0) is 4.79 Å². The van der Waals surface area contributed by atoms with E-state index in [0.29, 0.717) is 19.0 Å². The van der Waals surface area contributed by atoms with Crippen molar-refractivity contribution in [1.82, 2.24) is 10.2 Å². The predicted molar refractivity (Wildman–Crippen MR) is 61.3 cm³/mol. The maximum atomic E-state index is 11.2. The second-order valence-corrected chi connectivity index (χ2v) is 3.96. The highest BCUT2D eigenvalue weighted by Gasteiger charge is 2.18. The first-order valence-corrected chi connectivity index (χ1v) is 5.71. The summed E-state index contributed by atoms with van der Waals surface area (Å²) < 4.78 is 0. The molecule has 1 N–H and O–H groups in total. The van der Waals surface area contributed by atoms with Crippen LogP contribution in [0.4, 0.5) is 0 Å². The number of rotatable bonds is 4. The Balaban J connectivity index is 2.13. The Morgan fingerprint density at radius 1 is 1.53 bits per heavy atom. The predicted octanol–water partition coefficient (Wildman–Crippen LogP) is 1.00. The van der Waals surface area contributed by atoms with Gasteiger partial charge in [-0.3, -0.25) is 4.79 Å². The van der Waals surface area contributed by atoms with Gasteiger partial charge in [0, 0.05) is 19.0 Å². The number of carbonyl (C=O) groups is 1. The van der Waals surface area contributed by atoms with Gasteiger partial charge in [-0.2, -0.15) is 0 Å². The van der Waals surface area contributed by atoms with Crippen molar-refractivity contribution in [2.45, 2.75) is 39.2 Å². The Labute approximate surface area is 92.2 Å². The molecule has 1 amide bonds. The molecule has 0 aliphatic carbocycles. The minimum atomic E-state index is 0.249. The molecular formula is C12H20N2O. The zero-order valence-corrected chi connectivity index (χ0v) is 9.68. The van der Waals surface area contributed by atoms with Crippen LogP contribution in [0.25, 0.3) is 0 Å². The molecule has 3 heteroatoms. The zero-order chi connectivity index (χ0) is 11.1. The Bertz CT molecular complexity index is 265. The molecule has 1 aliphatic heterocycles. The normalized spacial score (nSPS) is 17.5. The Hall–Kier alpha value is -1.01. The van der Waals surface area contributed by atoms with Crippen LogP contribution in [0, 0.1) is 11.8 Å². The lowest BCUT2D eigenvalue weighted by Gasteiger charge is -2.10. The van der Waals surface area contributed by atoms with E-state index in [1.165, 1.54) is 0 Å². The Morgan fingerprint density at radius 2 is 2.33 bits per heavy atom. The summed E-state index contributed by atoms with van der Waals surface area (Å²) in [5, 5.41) is 3.29. The summed E-state index contributed by atoms with van der Waals surface area (Å²) in [5.74, 6) is 6.32. The average Bonchev–Trinajstić information content (AvgIpc) is 2.63. The fourth-order valence-electron chi connectivity index (χ4n) is 1.45. The minimum absolute atomic E-state index is 0.249. The molecule has 15 heavy (non-hydrogen) atoms. The number of nitrogens with one attached hydrogen (secondary N) is 1. The number of hydrogen-bond donors (Lipinski definition) is 1. The fourth-order valence-corrected chi connectivity index (χ4v) is 1.45. The first kappa shape index (κ1) is 12.1. The number of nitrogens with zero attached hydrogens (tertiary/aromatic N) is 1. The van der Waals surface area contributed by atoms with Gasteiger partial charge in [-0.1, -0.05) is 18.8 Å². The molecule has 1 aliphatic rings. The lowest BCUT2D eigenvalue weighted by atomic mass is 10.3. The van der Waals surface area contributed by atoms with E-state index in [9.17, 15) is 4.79 Å².